The van der Waals surface area contributed by atoms with Crippen molar-refractivity contribution in [3.05, 3.63) is 31.1 Å². The van der Waals surface area contributed by atoms with Crippen LogP contribution in [0.15, 0.2) is 20.1 Å². The fourth-order valence-electron chi connectivity index (χ4n) is 1.77. The van der Waals surface area contributed by atoms with Crippen molar-refractivity contribution in [3.8, 4) is 11.5 Å². The number of nitrogens with zero attached hydrogens (tertiary/aromatic N) is 2. The number of nitrogens with one attached hydrogen (secondary N) is 1. The van der Waals surface area contributed by atoms with Crippen LogP contribution >= 0.6 is 43.2 Å². The van der Waals surface area contributed by atoms with Gasteiger partial charge in [0.1, 0.15) is 10.2 Å². The van der Waals surface area contributed by atoms with Gasteiger partial charge in [0.2, 0.25) is 5.13 Å². The molecular weight excluding hydrogens is 434 g/mol. The molecule has 0 aliphatic heterocycles. The summed E-state index contributed by atoms with van der Waals surface area (Å²) < 4.78 is 12.3. The SMILES string of the molecule is COc1c(Br)cc(/C=N\Nc2nc(C)c(C)s2)c(OC)c1Br. The lowest BCUT2D eigenvalue weighted by Crippen LogP contribution is -1.98. The molecular formula is C14H15Br2N3O2S. The van der Waals surface area contributed by atoms with Crippen LogP contribution in [0, 0.1) is 13.8 Å². The van der Waals surface area contributed by atoms with Gasteiger partial charge in [0.05, 0.1) is 30.6 Å². The number of rotatable bonds is 5. The molecule has 118 valence electrons. The van der Waals surface area contributed by atoms with Crippen LogP contribution in [0.1, 0.15) is 16.1 Å². The highest BCUT2D eigenvalue weighted by Crippen LogP contribution is 2.42. The van der Waals surface area contributed by atoms with E-state index in [1.165, 1.54) is 4.88 Å². The second-order valence-electron chi connectivity index (χ2n) is 4.36. The maximum absolute atomic E-state index is 5.42. The molecule has 2 aromatic rings. The molecule has 0 spiro atoms. The van der Waals surface area contributed by atoms with E-state index in [1.807, 2.05) is 19.9 Å². The smallest absolute Gasteiger partial charge is 0.203 e. The van der Waals surface area contributed by atoms with E-state index in [4.69, 9.17) is 9.47 Å². The second-order valence-corrected chi connectivity index (χ2v) is 7.21. The van der Waals surface area contributed by atoms with Crippen molar-refractivity contribution in [1.82, 2.24) is 4.98 Å². The van der Waals surface area contributed by atoms with Crippen LogP contribution in [-0.2, 0) is 0 Å². The van der Waals surface area contributed by atoms with Crippen molar-refractivity contribution < 1.29 is 9.47 Å². The van der Waals surface area contributed by atoms with Crippen molar-refractivity contribution in [2.24, 2.45) is 5.10 Å². The number of hydrogen-bond acceptors (Lipinski definition) is 6. The third-order valence-electron chi connectivity index (χ3n) is 2.96. The van der Waals surface area contributed by atoms with Gasteiger partial charge in [0.15, 0.2) is 5.75 Å². The Labute approximate surface area is 150 Å². The maximum atomic E-state index is 5.42. The summed E-state index contributed by atoms with van der Waals surface area (Å²) in [4.78, 5) is 5.54. The average Bonchev–Trinajstić information content (AvgIpc) is 2.78. The van der Waals surface area contributed by atoms with E-state index in [0.717, 1.165) is 25.3 Å². The third-order valence-corrected chi connectivity index (χ3v) is 5.25. The zero-order valence-corrected chi connectivity index (χ0v) is 16.5. The first-order chi connectivity index (χ1) is 10.5. The van der Waals surface area contributed by atoms with Crippen LogP contribution < -0.4 is 14.9 Å². The lowest BCUT2D eigenvalue weighted by atomic mass is 10.2. The van der Waals surface area contributed by atoms with E-state index >= 15 is 0 Å². The number of halogens is 2. The fraction of sp³-hybridized carbons (Fsp3) is 0.286. The summed E-state index contributed by atoms with van der Waals surface area (Å²) in [5.41, 5.74) is 4.75. The zero-order valence-electron chi connectivity index (χ0n) is 12.5. The fourth-order valence-corrected chi connectivity index (χ4v) is 4.17. The van der Waals surface area contributed by atoms with Crippen LogP contribution in [0.4, 0.5) is 5.13 Å². The van der Waals surface area contributed by atoms with Crippen molar-refractivity contribution in [3.63, 3.8) is 0 Å². The Balaban J connectivity index is 2.27. The molecule has 0 saturated carbocycles. The minimum atomic E-state index is 0.650. The average molecular weight is 449 g/mol. The Hall–Kier alpha value is -1.12. The Morgan fingerprint density at radius 2 is 1.91 bits per heavy atom. The van der Waals surface area contributed by atoms with Crippen molar-refractivity contribution >= 4 is 54.5 Å². The number of methoxy groups -OCH3 is 2. The number of ether oxygens (including phenoxy) is 2. The highest BCUT2D eigenvalue weighted by Gasteiger charge is 2.15. The first kappa shape index (κ1) is 17.2. The van der Waals surface area contributed by atoms with E-state index in [9.17, 15) is 0 Å². The molecule has 0 amide bonds. The minimum Gasteiger partial charge on any atom is -0.495 e. The molecule has 1 aromatic heterocycles. The monoisotopic (exact) mass is 447 g/mol. The van der Waals surface area contributed by atoms with Crippen LogP contribution in [-0.4, -0.2) is 25.4 Å². The zero-order chi connectivity index (χ0) is 16.3. The Morgan fingerprint density at radius 3 is 2.45 bits per heavy atom. The minimum absolute atomic E-state index is 0.650. The Morgan fingerprint density at radius 1 is 1.23 bits per heavy atom. The van der Waals surface area contributed by atoms with Gasteiger partial charge in [-0.3, -0.25) is 5.43 Å². The Bertz CT molecular complexity index is 697. The molecule has 1 N–H and O–H groups in total. The summed E-state index contributed by atoms with van der Waals surface area (Å²) in [6.45, 7) is 4.00. The van der Waals surface area contributed by atoms with Gasteiger partial charge in [-0.25, -0.2) is 4.98 Å². The normalized spacial score (nSPS) is 11.0. The molecule has 0 bridgehead atoms. The second kappa shape index (κ2) is 7.43. The molecule has 1 aromatic carbocycles. The highest BCUT2D eigenvalue weighted by atomic mass is 79.9. The van der Waals surface area contributed by atoms with Gasteiger partial charge in [-0.05, 0) is 51.8 Å². The molecule has 0 radical (unpaired) electrons. The number of thiazole rings is 1. The molecule has 5 nitrogen and oxygen atoms in total. The van der Waals surface area contributed by atoms with Gasteiger partial charge in [-0.15, -0.1) is 11.3 Å². The number of benzene rings is 1. The molecule has 0 aliphatic rings. The number of aryl methyl sites for hydroxylation is 2. The first-order valence-electron chi connectivity index (χ1n) is 6.31. The molecule has 0 unspecified atom stereocenters. The van der Waals surface area contributed by atoms with Crippen molar-refractivity contribution in [2.45, 2.75) is 13.8 Å². The van der Waals surface area contributed by atoms with Gasteiger partial charge in [-0.2, -0.15) is 5.10 Å². The van der Waals surface area contributed by atoms with E-state index in [1.54, 1.807) is 31.8 Å². The van der Waals surface area contributed by atoms with Crippen LogP contribution in [0.2, 0.25) is 0 Å². The standard InChI is InChI=1S/C14H15Br2N3O2S/c1-7-8(2)22-14(18-7)19-17-6-9-5-10(15)13(21-4)11(16)12(9)20-3/h5-6H,1-4H3,(H,18,19)/b17-6-. The third kappa shape index (κ3) is 3.61. The lowest BCUT2D eigenvalue weighted by molar-refractivity contribution is 0.387. The number of anilines is 1. The summed E-state index contributed by atoms with van der Waals surface area (Å²) in [7, 11) is 3.21. The molecule has 0 saturated heterocycles. The summed E-state index contributed by atoms with van der Waals surface area (Å²) in [6.07, 6.45) is 1.68. The van der Waals surface area contributed by atoms with E-state index < -0.39 is 0 Å². The predicted molar refractivity (Wildman–Crippen MR) is 97.8 cm³/mol. The van der Waals surface area contributed by atoms with Gasteiger partial charge < -0.3 is 9.47 Å². The molecule has 0 aliphatic carbocycles. The number of hydrazone groups is 1. The molecule has 1 heterocycles. The van der Waals surface area contributed by atoms with Gasteiger partial charge in [0, 0.05) is 10.4 Å². The topological polar surface area (TPSA) is 55.7 Å². The quantitative estimate of drug-likeness (QED) is 0.529. The summed E-state index contributed by atoms with van der Waals surface area (Å²) >= 11 is 8.51. The largest absolute Gasteiger partial charge is 0.495 e. The highest BCUT2D eigenvalue weighted by molar-refractivity contribution is 9.11. The molecule has 0 atom stereocenters. The molecule has 22 heavy (non-hydrogen) atoms. The first-order valence-corrected chi connectivity index (χ1v) is 8.71. The molecule has 0 fully saturated rings. The lowest BCUT2D eigenvalue weighted by Gasteiger charge is -2.12. The molecule has 2 rings (SSSR count). The van der Waals surface area contributed by atoms with Crippen molar-refractivity contribution in [1.29, 1.82) is 0 Å². The summed E-state index contributed by atoms with van der Waals surface area (Å²) in [5, 5.41) is 4.98. The predicted octanol–water partition coefficient (Wildman–Crippen LogP) is 4.75. The van der Waals surface area contributed by atoms with Gasteiger partial charge in [-0.1, -0.05) is 0 Å². The Kier molecular flexibility index (Phi) is 5.82. The maximum Gasteiger partial charge on any atom is 0.203 e. The number of hydrogen-bond donors (Lipinski definition) is 1. The van der Waals surface area contributed by atoms with E-state index in [2.05, 4.69) is 47.4 Å². The van der Waals surface area contributed by atoms with Gasteiger partial charge >= 0.3 is 0 Å². The van der Waals surface area contributed by atoms with Crippen LogP contribution in [0.25, 0.3) is 0 Å². The van der Waals surface area contributed by atoms with Crippen molar-refractivity contribution in [2.75, 3.05) is 19.6 Å². The summed E-state index contributed by atoms with van der Waals surface area (Å²) in [6, 6.07) is 1.88. The van der Waals surface area contributed by atoms with E-state index in [0.29, 0.717) is 11.5 Å². The van der Waals surface area contributed by atoms with E-state index in [-0.39, 0.29) is 0 Å². The van der Waals surface area contributed by atoms with Crippen LogP contribution in [0.5, 0.6) is 11.5 Å². The van der Waals surface area contributed by atoms with Gasteiger partial charge in [0.25, 0.3) is 0 Å². The molecule has 8 heteroatoms. The number of aromatic nitrogens is 1. The summed E-state index contributed by atoms with van der Waals surface area (Å²) in [5.74, 6) is 1.32. The van der Waals surface area contributed by atoms with Crippen LogP contribution in [0.3, 0.4) is 0 Å².